The zero-order valence-electron chi connectivity index (χ0n) is 19.2. The summed E-state index contributed by atoms with van der Waals surface area (Å²) in [7, 11) is -4.35. The minimum atomic E-state index is -4.35. The SMILES string of the molecule is Cc1cc([N+](=O)[O-])ccc1N=C1NC(=O)/C(=C\c2cc(Br)ccc2OS(=O)(=O)c2ccc([N+](=O)[O-])cc2)S1. The smallest absolute Gasteiger partial charge is 0.339 e. The van der Waals surface area contributed by atoms with Crippen molar-refractivity contribution in [2.45, 2.75) is 11.8 Å². The van der Waals surface area contributed by atoms with Crippen molar-refractivity contribution in [3.05, 3.63) is 101 Å². The molecule has 0 spiro atoms. The number of carbonyl (C=O) groups excluding carboxylic acids is 1. The molecule has 0 saturated carbocycles. The highest BCUT2D eigenvalue weighted by Crippen LogP contribution is 2.34. The van der Waals surface area contributed by atoms with E-state index in [4.69, 9.17) is 4.18 Å². The van der Waals surface area contributed by atoms with Gasteiger partial charge in [-0.25, -0.2) is 4.99 Å². The molecule has 1 aliphatic heterocycles. The Kier molecular flexibility index (Phi) is 7.61. The minimum absolute atomic E-state index is 0.0796. The predicted octanol–water partition coefficient (Wildman–Crippen LogP) is 5.23. The van der Waals surface area contributed by atoms with Crippen molar-refractivity contribution in [1.82, 2.24) is 5.32 Å². The van der Waals surface area contributed by atoms with Gasteiger partial charge in [0.05, 0.1) is 20.4 Å². The van der Waals surface area contributed by atoms with Crippen molar-refractivity contribution in [2.75, 3.05) is 0 Å². The third-order valence-electron chi connectivity index (χ3n) is 5.06. The van der Waals surface area contributed by atoms with Gasteiger partial charge in [0.1, 0.15) is 10.6 Å². The van der Waals surface area contributed by atoms with Crippen LogP contribution in [0.1, 0.15) is 11.1 Å². The number of thioether (sulfide) groups is 1. The number of hydrogen-bond acceptors (Lipinski definition) is 10. The second kappa shape index (κ2) is 10.7. The van der Waals surface area contributed by atoms with Crippen LogP contribution in [0, 0.1) is 27.2 Å². The van der Waals surface area contributed by atoms with E-state index in [1.165, 1.54) is 30.3 Å². The monoisotopic (exact) mass is 618 g/mol. The van der Waals surface area contributed by atoms with Gasteiger partial charge in [0.2, 0.25) is 0 Å². The van der Waals surface area contributed by atoms with Crippen LogP contribution in [0.15, 0.2) is 79.9 Å². The number of hydrogen-bond donors (Lipinski definition) is 1. The molecule has 1 heterocycles. The molecule has 0 radical (unpaired) electrons. The van der Waals surface area contributed by atoms with Gasteiger partial charge in [0, 0.05) is 34.3 Å². The van der Waals surface area contributed by atoms with Crippen LogP contribution < -0.4 is 9.50 Å². The topological polar surface area (TPSA) is 171 Å². The number of non-ortho nitro benzene ring substituents is 2. The number of aliphatic imine (C=N–C) groups is 1. The Bertz CT molecular complexity index is 1650. The fraction of sp³-hybridized carbons (Fsp3) is 0.0435. The number of rotatable bonds is 7. The number of halogens is 1. The molecule has 3 aromatic carbocycles. The molecule has 1 N–H and O–H groups in total. The van der Waals surface area contributed by atoms with E-state index in [2.05, 4.69) is 26.2 Å². The molecule has 38 heavy (non-hydrogen) atoms. The summed E-state index contributed by atoms with van der Waals surface area (Å²) in [5.74, 6) is -0.568. The normalized spacial score (nSPS) is 15.5. The largest absolute Gasteiger partial charge is 0.378 e. The van der Waals surface area contributed by atoms with Crippen LogP contribution in [0.25, 0.3) is 6.08 Å². The van der Waals surface area contributed by atoms with Gasteiger partial charge in [-0.05, 0) is 66.7 Å². The van der Waals surface area contributed by atoms with E-state index >= 15 is 0 Å². The first kappa shape index (κ1) is 27.0. The van der Waals surface area contributed by atoms with Gasteiger partial charge in [0.25, 0.3) is 17.3 Å². The second-order valence-electron chi connectivity index (χ2n) is 7.68. The maximum atomic E-state index is 12.8. The van der Waals surface area contributed by atoms with Crippen molar-refractivity contribution < 1.29 is 27.2 Å². The lowest BCUT2D eigenvalue weighted by atomic mass is 10.2. The highest BCUT2D eigenvalue weighted by molar-refractivity contribution is 9.10. The van der Waals surface area contributed by atoms with Crippen molar-refractivity contribution in [1.29, 1.82) is 0 Å². The number of nitrogens with one attached hydrogen (secondary N) is 1. The van der Waals surface area contributed by atoms with Crippen LogP contribution in [0.5, 0.6) is 5.75 Å². The number of amidine groups is 1. The Morgan fingerprint density at radius 2 is 1.66 bits per heavy atom. The molecule has 0 unspecified atom stereocenters. The number of nitrogens with zero attached hydrogens (tertiary/aromatic N) is 3. The zero-order valence-corrected chi connectivity index (χ0v) is 22.4. The van der Waals surface area contributed by atoms with Crippen LogP contribution >= 0.6 is 27.7 Å². The van der Waals surface area contributed by atoms with Gasteiger partial charge < -0.3 is 9.50 Å². The summed E-state index contributed by atoms with van der Waals surface area (Å²) in [6, 6.07) is 12.9. The summed E-state index contributed by atoms with van der Waals surface area (Å²) in [5, 5.41) is 24.6. The summed E-state index contributed by atoms with van der Waals surface area (Å²) >= 11 is 4.30. The molecule has 0 atom stereocenters. The maximum absolute atomic E-state index is 12.8. The zero-order chi connectivity index (χ0) is 27.6. The van der Waals surface area contributed by atoms with Crippen molar-refractivity contribution >= 4 is 72.0 Å². The molecule has 12 nitrogen and oxygen atoms in total. The van der Waals surface area contributed by atoms with E-state index in [9.17, 15) is 33.4 Å². The Labute approximate surface area is 228 Å². The molecule has 1 fully saturated rings. The van der Waals surface area contributed by atoms with Gasteiger partial charge in [-0.2, -0.15) is 8.42 Å². The molecular weight excluding hydrogens is 604 g/mol. The van der Waals surface area contributed by atoms with E-state index in [1.807, 2.05) is 0 Å². The lowest BCUT2D eigenvalue weighted by Gasteiger charge is -2.10. The summed E-state index contributed by atoms with van der Waals surface area (Å²) in [5.41, 5.74) is 0.874. The first-order valence-electron chi connectivity index (χ1n) is 10.5. The molecule has 4 rings (SSSR count). The summed E-state index contributed by atoms with van der Waals surface area (Å²) < 4.78 is 31.5. The van der Waals surface area contributed by atoms with Crippen molar-refractivity contribution in [2.24, 2.45) is 4.99 Å². The quantitative estimate of drug-likeness (QED) is 0.161. The number of carbonyl (C=O) groups is 1. The van der Waals surface area contributed by atoms with Gasteiger partial charge in [-0.15, -0.1) is 0 Å². The van der Waals surface area contributed by atoms with Crippen LogP contribution in [-0.2, 0) is 14.9 Å². The fourth-order valence-electron chi connectivity index (χ4n) is 3.22. The third kappa shape index (κ3) is 6.07. The van der Waals surface area contributed by atoms with Crippen molar-refractivity contribution in [3.8, 4) is 5.75 Å². The lowest BCUT2D eigenvalue weighted by molar-refractivity contribution is -0.385. The van der Waals surface area contributed by atoms with Gasteiger partial charge in [-0.3, -0.25) is 25.0 Å². The standard InChI is InChI=1S/C23H15BrN4O8S2/c1-13-10-17(28(32)33)5-8-19(13)25-23-26-22(29)21(37-23)12-14-11-15(24)2-9-20(14)36-38(34,35)18-6-3-16(4-7-18)27(30)31/h2-12H,1H3,(H,25,26,29)/b21-12+. The van der Waals surface area contributed by atoms with Gasteiger partial charge in [-0.1, -0.05) is 15.9 Å². The molecule has 3 aromatic rings. The van der Waals surface area contributed by atoms with Crippen LogP contribution in [0.4, 0.5) is 17.1 Å². The fourth-order valence-corrected chi connectivity index (χ4v) is 5.38. The van der Waals surface area contributed by atoms with Crippen molar-refractivity contribution in [3.63, 3.8) is 0 Å². The van der Waals surface area contributed by atoms with Crippen LogP contribution in [-0.4, -0.2) is 29.3 Å². The molecule has 1 aliphatic rings. The van der Waals surface area contributed by atoms with Crippen LogP contribution in [0.2, 0.25) is 0 Å². The maximum Gasteiger partial charge on any atom is 0.339 e. The van der Waals surface area contributed by atoms with E-state index in [-0.39, 0.29) is 37.7 Å². The number of amides is 1. The summed E-state index contributed by atoms with van der Waals surface area (Å²) in [4.78, 5) is 37.5. The predicted molar refractivity (Wildman–Crippen MR) is 144 cm³/mol. The van der Waals surface area contributed by atoms with E-state index in [0.29, 0.717) is 15.7 Å². The molecule has 0 aromatic heterocycles. The number of nitro groups is 2. The summed E-state index contributed by atoms with van der Waals surface area (Å²) in [6.45, 7) is 1.65. The number of aryl methyl sites for hydroxylation is 1. The minimum Gasteiger partial charge on any atom is -0.378 e. The lowest BCUT2D eigenvalue weighted by Crippen LogP contribution is -2.19. The first-order chi connectivity index (χ1) is 17.9. The van der Waals surface area contributed by atoms with Gasteiger partial charge in [0.15, 0.2) is 5.17 Å². The molecular formula is C23H15BrN4O8S2. The Morgan fingerprint density at radius 3 is 2.29 bits per heavy atom. The number of benzene rings is 3. The molecule has 15 heteroatoms. The Balaban J connectivity index is 1.61. The molecule has 0 aliphatic carbocycles. The highest BCUT2D eigenvalue weighted by Gasteiger charge is 2.26. The first-order valence-corrected chi connectivity index (χ1v) is 13.5. The molecule has 1 saturated heterocycles. The average molecular weight is 619 g/mol. The Hall–Kier alpha value is -4.08. The third-order valence-corrected chi connectivity index (χ3v) is 7.71. The Morgan fingerprint density at radius 1 is 1.00 bits per heavy atom. The molecule has 1 amide bonds. The van der Waals surface area contributed by atoms with E-state index < -0.39 is 25.9 Å². The van der Waals surface area contributed by atoms with Crippen LogP contribution in [0.3, 0.4) is 0 Å². The summed E-state index contributed by atoms with van der Waals surface area (Å²) in [6.07, 6.45) is 1.43. The molecule has 0 bridgehead atoms. The molecule has 194 valence electrons. The highest BCUT2D eigenvalue weighted by atomic mass is 79.9. The number of nitro benzene ring substituents is 2. The van der Waals surface area contributed by atoms with E-state index in [1.54, 1.807) is 19.1 Å². The van der Waals surface area contributed by atoms with E-state index in [0.717, 1.165) is 36.0 Å². The second-order valence-corrected chi connectivity index (χ2v) is 11.2. The average Bonchev–Trinajstić information content (AvgIpc) is 3.20. The van der Waals surface area contributed by atoms with Gasteiger partial charge >= 0.3 is 10.1 Å².